The maximum atomic E-state index is 14.8. The van der Waals surface area contributed by atoms with Crippen LogP contribution in [0.15, 0.2) is 24.3 Å². The molecule has 0 aliphatic rings. The third-order valence-electron chi connectivity index (χ3n) is 4.37. The summed E-state index contributed by atoms with van der Waals surface area (Å²) in [4.78, 5) is 1.68. The Labute approximate surface area is 163 Å². The number of nitriles is 4. The summed E-state index contributed by atoms with van der Waals surface area (Å²) in [6.45, 7) is 0. The second-order valence-corrected chi connectivity index (χ2v) is 6.15. The van der Waals surface area contributed by atoms with Crippen molar-refractivity contribution in [1.82, 2.24) is 0 Å². The van der Waals surface area contributed by atoms with Gasteiger partial charge in [-0.2, -0.15) is 21.0 Å². The second-order valence-electron chi connectivity index (χ2n) is 6.15. The van der Waals surface area contributed by atoms with Crippen LogP contribution in [-0.2, 0) is 5.41 Å². The third kappa shape index (κ3) is 3.20. The molecule has 0 N–H and O–H groups in total. The lowest BCUT2D eigenvalue weighted by Crippen LogP contribution is -2.29. The zero-order chi connectivity index (χ0) is 21.9. The molecular weight excluding hydrogens is 386 g/mol. The Morgan fingerprint density at radius 1 is 0.793 bits per heavy atom. The van der Waals surface area contributed by atoms with Gasteiger partial charge in [-0.1, -0.05) is 12.1 Å². The SMILES string of the molecule is CN(C)c1ccc(C(C#N)(C#N)c2c(F)c(F)c(C(C#N)C#N)c(F)c2F)cc1. The third-order valence-corrected chi connectivity index (χ3v) is 4.37. The highest BCUT2D eigenvalue weighted by atomic mass is 19.2. The van der Waals surface area contributed by atoms with Crippen LogP contribution in [0.25, 0.3) is 0 Å². The Balaban J connectivity index is 2.89. The fraction of sp³-hybridized carbons (Fsp3) is 0.200. The molecule has 0 saturated heterocycles. The molecule has 2 rings (SSSR count). The summed E-state index contributed by atoms with van der Waals surface area (Å²) >= 11 is 0. The number of halogens is 4. The zero-order valence-corrected chi connectivity index (χ0v) is 15.1. The van der Waals surface area contributed by atoms with Crippen molar-refractivity contribution in [1.29, 1.82) is 21.0 Å². The van der Waals surface area contributed by atoms with E-state index in [-0.39, 0.29) is 5.56 Å². The first kappa shape index (κ1) is 21.2. The standard InChI is InChI=1S/C20H11F4N5/c1-29(2)13-5-3-12(4-6-13)20(9-27,10-28)15-18(23)16(21)14(11(7-25)8-26)17(22)19(15)24/h3-6,11H,1-2H3. The van der Waals surface area contributed by atoms with E-state index >= 15 is 0 Å². The van der Waals surface area contributed by atoms with Gasteiger partial charge in [0.1, 0.15) is 0 Å². The molecule has 9 heteroatoms. The molecule has 0 radical (unpaired) electrons. The first-order valence-electron chi connectivity index (χ1n) is 7.96. The maximum absolute atomic E-state index is 14.8. The Morgan fingerprint density at radius 2 is 1.24 bits per heavy atom. The fourth-order valence-electron chi connectivity index (χ4n) is 2.81. The molecule has 29 heavy (non-hydrogen) atoms. The van der Waals surface area contributed by atoms with Crippen LogP contribution in [-0.4, -0.2) is 14.1 Å². The number of hydrogen-bond donors (Lipinski definition) is 0. The minimum Gasteiger partial charge on any atom is -0.378 e. The summed E-state index contributed by atoms with van der Waals surface area (Å²) in [7, 11) is 3.42. The summed E-state index contributed by atoms with van der Waals surface area (Å²) < 4.78 is 58.6. The summed E-state index contributed by atoms with van der Waals surface area (Å²) in [5.41, 5.74) is -5.16. The van der Waals surface area contributed by atoms with E-state index in [0.717, 1.165) is 0 Å². The van der Waals surface area contributed by atoms with Crippen LogP contribution >= 0.6 is 0 Å². The lowest BCUT2D eigenvalue weighted by atomic mass is 9.75. The predicted octanol–water partition coefficient (Wildman–Crippen LogP) is 3.77. The van der Waals surface area contributed by atoms with Gasteiger partial charge in [-0.15, -0.1) is 0 Å². The number of nitrogens with zero attached hydrogens (tertiary/aromatic N) is 5. The Bertz CT molecular complexity index is 1070. The van der Waals surface area contributed by atoms with E-state index in [0.29, 0.717) is 5.69 Å². The number of rotatable bonds is 4. The minimum atomic E-state index is -2.71. The average Bonchev–Trinajstić information content (AvgIpc) is 2.73. The van der Waals surface area contributed by atoms with Gasteiger partial charge >= 0.3 is 0 Å². The second kappa shape index (κ2) is 7.89. The molecule has 144 valence electrons. The van der Waals surface area contributed by atoms with Gasteiger partial charge in [0.2, 0.25) is 0 Å². The summed E-state index contributed by atoms with van der Waals surface area (Å²) in [6, 6.07) is 10.7. The molecule has 0 heterocycles. The molecule has 0 aromatic heterocycles. The Kier molecular flexibility index (Phi) is 5.77. The van der Waals surface area contributed by atoms with E-state index in [1.165, 1.54) is 48.5 Å². The van der Waals surface area contributed by atoms with Gasteiger partial charge in [0, 0.05) is 19.8 Å². The minimum absolute atomic E-state index is 0.213. The first-order chi connectivity index (χ1) is 13.7. The number of hydrogen-bond acceptors (Lipinski definition) is 5. The average molecular weight is 397 g/mol. The molecule has 5 nitrogen and oxygen atoms in total. The number of anilines is 1. The molecule has 0 aliphatic heterocycles. The summed E-state index contributed by atoms with van der Waals surface area (Å²) in [5.74, 6) is -10.2. The molecule has 0 unspecified atom stereocenters. The molecule has 0 spiro atoms. The lowest BCUT2D eigenvalue weighted by molar-refractivity contribution is 0.419. The van der Waals surface area contributed by atoms with E-state index in [9.17, 15) is 28.1 Å². The summed E-state index contributed by atoms with van der Waals surface area (Å²) in [6.07, 6.45) is 0. The molecular formula is C20H11F4N5. The molecule has 0 saturated carbocycles. The molecule has 0 amide bonds. The van der Waals surface area contributed by atoms with Crippen molar-refractivity contribution in [2.75, 3.05) is 19.0 Å². The van der Waals surface area contributed by atoms with Crippen LogP contribution in [0.4, 0.5) is 23.2 Å². The van der Waals surface area contributed by atoms with Crippen LogP contribution in [0.1, 0.15) is 22.6 Å². The molecule has 0 atom stereocenters. The maximum Gasteiger partial charge on any atom is 0.199 e. The van der Waals surface area contributed by atoms with E-state index in [4.69, 9.17) is 10.5 Å². The van der Waals surface area contributed by atoms with Crippen LogP contribution in [0.2, 0.25) is 0 Å². The van der Waals surface area contributed by atoms with E-state index in [1.54, 1.807) is 19.0 Å². The smallest absolute Gasteiger partial charge is 0.199 e. The Hall–Kier alpha value is -4.08. The van der Waals surface area contributed by atoms with Crippen LogP contribution < -0.4 is 4.90 Å². The van der Waals surface area contributed by atoms with E-state index in [1.807, 2.05) is 0 Å². The van der Waals surface area contributed by atoms with Crippen molar-refractivity contribution in [2.24, 2.45) is 0 Å². The van der Waals surface area contributed by atoms with E-state index < -0.39 is 45.7 Å². The van der Waals surface area contributed by atoms with Crippen molar-refractivity contribution in [3.63, 3.8) is 0 Å². The van der Waals surface area contributed by atoms with E-state index in [2.05, 4.69) is 0 Å². The van der Waals surface area contributed by atoms with Gasteiger partial charge in [0.25, 0.3) is 0 Å². The zero-order valence-electron chi connectivity index (χ0n) is 15.1. The molecule has 2 aromatic carbocycles. The van der Waals surface area contributed by atoms with Crippen molar-refractivity contribution in [2.45, 2.75) is 11.3 Å². The van der Waals surface area contributed by atoms with Gasteiger partial charge < -0.3 is 4.90 Å². The number of benzene rings is 2. The predicted molar refractivity (Wildman–Crippen MR) is 93.0 cm³/mol. The van der Waals surface area contributed by atoms with Crippen molar-refractivity contribution >= 4 is 5.69 Å². The molecule has 0 aliphatic carbocycles. The molecule has 2 aromatic rings. The fourth-order valence-corrected chi connectivity index (χ4v) is 2.81. The lowest BCUT2D eigenvalue weighted by Gasteiger charge is -2.23. The van der Waals surface area contributed by atoms with Gasteiger partial charge in [0.05, 0.1) is 35.4 Å². The normalized spacial score (nSPS) is 10.6. The molecule has 0 bridgehead atoms. The van der Waals surface area contributed by atoms with Crippen LogP contribution in [0.5, 0.6) is 0 Å². The summed E-state index contributed by atoms with van der Waals surface area (Å²) in [5, 5.41) is 36.8. The van der Waals surface area contributed by atoms with Crippen molar-refractivity contribution in [3.05, 3.63) is 64.2 Å². The van der Waals surface area contributed by atoms with Crippen molar-refractivity contribution < 1.29 is 17.6 Å². The largest absolute Gasteiger partial charge is 0.378 e. The Morgan fingerprint density at radius 3 is 1.59 bits per heavy atom. The highest BCUT2D eigenvalue weighted by Crippen LogP contribution is 2.39. The van der Waals surface area contributed by atoms with Crippen LogP contribution in [0, 0.1) is 68.6 Å². The topological polar surface area (TPSA) is 98.4 Å². The van der Waals surface area contributed by atoms with Gasteiger partial charge in [-0.05, 0) is 17.7 Å². The van der Waals surface area contributed by atoms with Crippen molar-refractivity contribution in [3.8, 4) is 24.3 Å². The van der Waals surface area contributed by atoms with Gasteiger partial charge in [-0.3, -0.25) is 0 Å². The first-order valence-corrected chi connectivity index (χ1v) is 7.96. The van der Waals surface area contributed by atoms with Crippen LogP contribution in [0.3, 0.4) is 0 Å². The van der Waals surface area contributed by atoms with Gasteiger partial charge in [-0.25, -0.2) is 17.6 Å². The van der Waals surface area contributed by atoms with Gasteiger partial charge in [0.15, 0.2) is 34.6 Å². The monoisotopic (exact) mass is 397 g/mol. The quantitative estimate of drug-likeness (QED) is 0.578. The highest BCUT2D eigenvalue weighted by molar-refractivity contribution is 5.58. The highest BCUT2D eigenvalue weighted by Gasteiger charge is 2.44. The molecule has 0 fully saturated rings.